The number of hydrogen-bond acceptors (Lipinski definition) is 3. The number of hydrogen-bond donors (Lipinski definition) is 3. The van der Waals surface area contributed by atoms with Crippen molar-refractivity contribution < 1.29 is 19.0 Å². The fourth-order valence-corrected chi connectivity index (χ4v) is 2.55. The van der Waals surface area contributed by atoms with Crippen LogP contribution in [0, 0.1) is 11.6 Å². The number of phenols is 1. The van der Waals surface area contributed by atoms with E-state index in [2.05, 4.69) is 5.32 Å². The largest absolute Gasteiger partial charge is 0.503 e. The maximum atomic E-state index is 13.1. The molecule has 0 radical (unpaired) electrons. The summed E-state index contributed by atoms with van der Waals surface area (Å²) in [5.41, 5.74) is -0.293. The van der Waals surface area contributed by atoms with E-state index in [1.807, 2.05) is 0 Å². The van der Waals surface area contributed by atoms with E-state index in [-0.39, 0.29) is 6.54 Å². The molecule has 3 nitrogen and oxygen atoms in total. The fourth-order valence-electron chi connectivity index (χ4n) is 2.55. The van der Waals surface area contributed by atoms with Gasteiger partial charge in [0, 0.05) is 13.1 Å². The Labute approximate surface area is 111 Å². The Hall–Kier alpha value is -1.20. The second kappa shape index (κ2) is 5.84. The lowest BCUT2D eigenvalue weighted by Gasteiger charge is -2.32. The third-order valence-electron chi connectivity index (χ3n) is 3.64. The highest BCUT2D eigenvalue weighted by atomic mass is 19.1. The molecule has 1 fully saturated rings. The standard InChI is InChI=1S/C14H19F2NO2/c15-11-6-10(7-12(16)13(11)18)8-17-9-14(19)4-2-1-3-5-14/h6-7,17-19H,1-5,8-9H2. The molecule has 0 heterocycles. The molecule has 19 heavy (non-hydrogen) atoms. The number of phenolic OH excluding ortho intramolecular Hbond substituents is 1. The first-order valence-corrected chi connectivity index (χ1v) is 6.60. The number of nitrogens with one attached hydrogen (secondary N) is 1. The van der Waals surface area contributed by atoms with Crippen molar-refractivity contribution in [3.8, 4) is 5.75 Å². The molecule has 5 heteroatoms. The van der Waals surface area contributed by atoms with Crippen molar-refractivity contribution in [3.63, 3.8) is 0 Å². The fraction of sp³-hybridized carbons (Fsp3) is 0.571. The first kappa shape index (κ1) is 14.2. The van der Waals surface area contributed by atoms with Crippen LogP contribution in [0.5, 0.6) is 5.75 Å². The molecule has 1 saturated carbocycles. The maximum absolute atomic E-state index is 13.1. The summed E-state index contributed by atoms with van der Waals surface area (Å²) >= 11 is 0. The van der Waals surface area contributed by atoms with Crippen LogP contribution in [-0.4, -0.2) is 22.4 Å². The average Bonchev–Trinajstić information content (AvgIpc) is 2.36. The van der Waals surface area contributed by atoms with E-state index in [4.69, 9.17) is 5.11 Å². The van der Waals surface area contributed by atoms with Crippen LogP contribution in [-0.2, 0) is 6.54 Å². The van der Waals surface area contributed by atoms with Gasteiger partial charge in [0.05, 0.1) is 5.60 Å². The van der Waals surface area contributed by atoms with Crippen LogP contribution in [0.1, 0.15) is 37.7 Å². The molecular weight excluding hydrogens is 252 g/mol. The Morgan fingerprint density at radius 3 is 2.26 bits per heavy atom. The molecule has 1 aromatic rings. The lowest BCUT2D eigenvalue weighted by molar-refractivity contribution is 0.00467. The van der Waals surface area contributed by atoms with Crippen molar-refractivity contribution >= 4 is 0 Å². The van der Waals surface area contributed by atoms with Gasteiger partial charge in [0.15, 0.2) is 17.4 Å². The van der Waals surface area contributed by atoms with E-state index in [0.717, 1.165) is 44.2 Å². The lowest BCUT2D eigenvalue weighted by atomic mass is 9.85. The van der Waals surface area contributed by atoms with Crippen molar-refractivity contribution in [2.75, 3.05) is 6.54 Å². The normalized spacial score (nSPS) is 18.5. The third kappa shape index (κ3) is 3.64. The predicted molar refractivity (Wildman–Crippen MR) is 67.8 cm³/mol. The Morgan fingerprint density at radius 2 is 1.68 bits per heavy atom. The molecule has 0 atom stereocenters. The monoisotopic (exact) mass is 271 g/mol. The summed E-state index contributed by atoms with van der Waals surface area (Å²) in [6.45, 7) is 0.674. The van der Waals surface area contributed by atoms with Crippen LogP contribution in [0.3, 0.4) is 0 Å². The number of aliphatic hydroxyl groups is 1. The molecule has 3 N–H and O–H groups in total. The van der Waals surface area contributed by atoms with Gasteiger partial charge in [0.25, 0.3) is 0 Å². The van der Waals surface area contributed by atoms with Gasteiger partial charge in [-0.15, -0.1) is 0 Å². The first-order chi connectivity index (χ1) is 9.00. The van der Waals surface area contributed by atoms with E-state index in [0.29, 0.717) is 12.1 Å². The third-order valence-corrected chi connectivity index (χ3v) is 3.64. The molecule has 0 unspecified atom stereocenters. The number of aromatic hydroxyl groups is 1. The summed E-state index contributed by atoms with van der Waals surface area (Å²) in [4.78, 5) is 0. The molecule has 106 valence electrons. The van der Waals surface area contributed by atoms with Crippen LogP contribution in [0.4, 0.5) is 8.78 Å². The predicted octanol–water partition coefficient (Wildman–Crippen LogP) is 2.46. The smallest absolute Gasteiger partial charge is 0.187 e. The van der Waals surface area contributed by atoms with Crippen molar-refractivity contribution in [2.24, 2.45) is 0 Å². The Bertz CT molecular complexity index is 422. The van der Waals surface area contributed by atoms with Gasteiger partial charge < -0.3 is 15.5 Å². The molecule has 0 amide bonds. The van der Waals surface area contributed by atoms with Gasteiger partial charge in [0.2, 0.25) is 0 Å². The van der Waals surface area contributed by atoms with E-state index in [9.17, 15) is 13.9 Å². The summed E-state index contributed by atoms with van der Waals surface area (Å²) in [5.74, 6) is -2.88. The van der Waals surface area contributed by atoms with Gasteiger partial charge in [-0.05, 0) is 30.5 Å². The molecule has 2 rings (SSSR count). The highest BCUT2D eigenvalue weighted by molar-refractivity contribution is 5.29. The van der Waals surface area contributed by atoms with Crippen LogP contribution >= 0.6 is 0 Å². The SMILES string of the molecule is Oc1c(F)cc(CNCC2(O)CCCCC2)cc1F. The number of rotatable bonds is 4. The van der Waals surface area contributed by atoms with Gasteiger partial charge in [-0.25, -0.2) is 8.78 Å². The molecule has 1 aliphatic rings. The minimum atomic E-state index is -0.965. The quantitative estimate of drug-likeness (QED) is 0.788. The summed E-state index contributed by atoms with van der Waals surface area (Å²) < 4.78 is 26.3. The highest BCUT2D eigenvalue weighted by Crippen LogP contribution is 2.27. The zero-order valence-electron chi connectivity index (χ0n) is 10.8. The summed E-state index contributed by atoms with van der Waals surface area (Å²) in [7, 11) is 0. The molecule has 0 bridgehead atoms. The second-order valence-electron chi connectivity index (χ2n) is 5.30. The highest BCUT2D eigenvalue weighted by Gasteiger charge is 2.28. The van der Waals surface area contributed by atoms with Crippen LogP contribution in [0.25, 0.3) is 0 Å². The summed E-state index contributed by atoms with van der Waals surface area (Å²) in [5, 5.41) is 22.3. The Morgan fingerprint density at radius 1 is 1.11 bits per heavy atom. The zero-order chi connectivity index (χ0) is 13.9. The van der Waals surface area contributed by atoms with E-state index < -0.39 is 23.0 Å². The van der Waals surface area contributed by atoms with Gasteiger partial charge in [-0.1, -0.05) is 19.3 Å². The topological polar surface area (TPSA) is 52.5 Å². The lowest BCUT2D eigenvalue weighted by Crippen LogP contribution is -2.41. The number of benzene rings is 1. The van der Waals surface area contributed by atoms with Crippen molar-refractivity contribution in [2.45, 2.75) is 44.2 Å². The second-order valence-corrected chi connectivity index (χ2v) is 5.30. The van der Waals surface area contributed by atoms with Crippen LogP contribution in [0.15, 0.2) is 12.1 Å². The van der Waals surface area contributed by atoms with Gasteiger partial charge >= 0.3 is 0 Å². The van der Waals surface area contributed by atoms with Gasteiger partial charge in [0.1, 0.15) is 0 Å². The maximum Gasteiger partial charge on any atom is 0.187 e. The Kier molecular flexibility index (Phi) is 4.37. The summed E-state index contributed by atoms with van der Waals surface area (Å²) in [6.07, 6.45) is 4.70. The van der Waals surface area contributed by atoms with E-state index >= 15 is 0 Å². The minimum absolute atomic E-state index is 0.260. The van der Waals surface area contributed by atoms with Crippen LogP contribution in [0.2, 0.25) is 0 Å². The molecule has 1 aliphatic carbocycles. The molecule has 0 saturated heterocycles. The van der Waals surface area contributed by atoms with Gasteiger partial charge in [-0.2, -0.15) is 0 Å². The average molecular weight is 271 g/mol. The van der Waals surface area contributed by atoms with Crippen molar-refractivity contribution in [1.29, 1.82) is 0 Å². The molecule has 0 spiro atoms. The molecule has 0 aliphatic heterocycles. The zero-order valence-corrected chi connectivity index (χ0v) is 10.8. The van der Waals surface area contributed by atoms with E-state index in [1.54, 1.807) is 0 Å². The molecular formula is C14H19F2NO2. The Balaban J connectivity index is 1.89. The van der Waals surface area contributed by atoms with E-state index in [1.165, 1.54) is 0 Å². The molecule has 0 aromatic heterocycles. The first-order valence-electron chi connectivity index (χ1n) is 6.60. The molecule has 1 aromatic carbocycles. The van der Waals surface area contributed by atoms with Gasteiger partial charge in [-0.3, -0.25) is 0 Å². The van der Waals surface area contributed by atoms with Crippen molar-refractivity contribution in [1.82, 2.24) is 5.32 Å². The minimum Gasteiger partial charge on any atom is -0.503 e. The van der Waals surface area contributed by atoms with Crippen LogP contribution < -0.4 is 5.32 Å². The van der Waals surface area contributed by atoms with Crippen molar-refractivity contribution in [3.05, 3.63) is 29.3 Å². The number of halogens is 2. The summed E-state index contributed by atoms with van der Waals surface area (Å²) in [6, 6.07) is 2.19.